The van der Waals surface area contributed by atoms with E-state index in [1.807, 2.05) is 44.3 Å². The fourth-order valence-corrected chi connectivity index (χ4v) is 4.41. The number of piperazine rings is 1. The third-order valence-corrected chi connectivity index (χ3v) is 6.57. The van der Waals surface area contributed by atoms with Crippen molar-refractivity contribution in [3.63, 3.8) is 0 Å². The summed E-state index contributed by atoms with van der Waals surface area (Å²) in [5, 5.41) is 3.25. The van der Waals surface area contributed by atoms with E-state index < -0.39 is 0 Å². The standard InChI is InChI=1S/C25H30N4O2S/c1-19-3-7-22(26-17-19)8-4-21-5-9-24(10-6-21)31-25(30)29-15-13-28(14-16-29)12-11-23-18-32-20(2)27-23/h3,5-7,9-10,17-18H,4,8,11-16H2,1-2H3. The number of aryl methyl sites for hydroxylation is 4. The third-order valence-electron chi connectivity index (χ3n) is 5.75. The second-order valence-electron chi connectivity index (χ2n) is 8.28. The van der Waals surface area contributed by atoms with Gasteiger partial charge < -0.3 is 9.64 Å². The Hall–Kier alpha value is -2.77. The number of ether oxygens (including phenoxy) is 1. The van der Waals surface area contributed by atoms with Crippen molar-refractivity contribution in [1.82, 2.24) is 19.8 Å². The van der Waals surface area contributed by atoms with Crippen LogP contribution in [0.5, 0.6) is 5.75 Å². The van der Waals surface area contributed by atoms with Gasteiger partial charge in [-0.15, -0.1) is 11.3 Å². The number of hydrogen-bond donors (Lipinski definition) is 0. The molecule has 0 aliphatic carbocycles. The van der Waals surface area contributed by atoms with Gasteiger partial charge in [-0.25, -0.2) is 9.78 Å². The zero-order valence-corrected chi connectivity index (χ0v) is 19.6. The van der Waals surface area contributed by atoms with E-state index in [1.165, 1.54) is 11.1 Å². The largest absolute Gasteiger partial charge is 0.415 e. The maximum Gasteiger partial charge on any atom is 0.415 e. The second kappa shape index (κ2) is 10.7. The van der Waals surface area contributed by atoms with Crippen LogP contribution in [-0.4, -0.2) is 58.6 Å². The minimum Gasteiger partial charge on any atom is -0.410 e. The van der Waals surface area contributed by atoms with Gasteiger partial charge in [-0.1, -0.05) is 18.2 Å². The van der Waals surface area contributed by atoms with E-state index in [0.29, 0.717) is 18.8 Å². The number of pyridine rings is 1. The van der Waals surface area contributed by atoms with Gasteiger partial charge in [-0.2, -0.15) is 0 Å². The van der Waals surface area contributed by atoms with Crippen LogP contribution in [0.3, 0.4) is 0 Å². The predicted molar refractivity (Wildman–Crippen MR) is 127 cm³/mol. The van der Waals surface area contributed by atoms with Crippen molar-refractivity contribution in [1.29, 1.82) is 0 Å². The SMILES string of the molecule is Cc1ccc(CCc2ccc(OC(=O)N3CCN(CCc4csc(C)n4)CC3)cc2)nc1. The Kier molecular flexibility index (Phi) is 7.50. The molecule has 3 aromatic rings. The molecule has 1 fully saturated rings. The van der Waals surface area contributed by atoms with E-state index in [4.69, 9.17) is 4.74 Å². The van der Waals surface area contributed by atoms with Crippen molar-refractivity contribution in [2.24, 2.45) is 0 Å². The smallest absolute Gasteiger partial charge is 0.410 e. The van der Waals surface area contributed by atoms with Gasteiger partial charge in [0.25, 0.3) is 0 Å². The maximum absolute atomic E-state index is 12.5. The zero-order chi connectivity index (χ0) is 22.3. The first-order valence-corrected chi connectivity index (χ1v) is 12.0. The molecule has 2 aromatic heterocycles. The summed E-state index contributed by atoms with van der Waals surface area (Å²) in [5.74, 6) is 0.591. The number of benzene rings is 1. The molecule has 1 aromatic carbocycles. The van der Waals surface area contributed by atoms with Gasteiger partial charge in [0.2, 0.25) is 0 Å². The number of amides is 1. The van der Waals surface area contributed by atoms with Gasteiger partial charge in [0.1, 0.15) is 5.75 Å². The van der Waals surface area contributed by atoms with Crippen LogP contribution in [0.15, 0.2) is 48.0 Å². The normalized spacial score (nSPS) is 14.5. The number of carbonyl (C=O) groups is 1. The minimum absolute atomic E-state index is 0.267. The van der Waals surface area contributed by atoms with Gasteiger partial charge in [0, 0.05) is 56.4 Å². The van der Waals surface area contributed by atoms with Crippen LogP contribution in [0.2, 0.25) is 0 Å². The first-order chi connectivity index (χ1) is 15.5. The molecule has 168 valence electrons. The quantitative estimate of drug-likeness (QED) is 0.537. The Morgan fingerprint density at radius 1 is 0.969 bits per heavy atom. The summed E-state index contributed by atoms with van der Waals surface area (Å²) in [6.07, 6.45) is 4.40. The molecule has 7 heteroatoms. The fraction of sp³-hybridized carbons (Fsp3) is 0.400. The molecule has 1 amide bonds. The first kappa shape index (κ1) is 22.4. The van der Waals surface area contributed by atoms with E-state index in [9.17, 15) is 4.79 Å². The highest BCUT2D eigenvalue weighted by Gasteiger charge is 2.22. The molecular weight excluding hydrogens is 420 g/mol. The lowest BCUT2D eigenvalue weighted by Gasteiger charge is -2.33. The van der Waals surface area contributed by atoms with Gasteiger partial charge in [0.15, 0.2) is 0 Å². The van der Waals surface area contributed by atoms with Crippen LogP contribution in [0.1, 0.15) is 27.5 Å². The van der Waals surface area contributed by atoms with Crippen molar-refractivity contribution in [3.05, 3.63) is 75.5 Å². The molecule has 0 bridgehead atoms. The Morgan fingerprint density at radius 2 is 1.75 bits per heavy atom. The van der Waals surface area contributed by atoms with Crippen LogP contribution in [0.4, 0.5) is 4.79 Å². The average molecular weight is 451 g/mol. The molecular formula is C25H30N4O2S. The topological polar surface area (TPSA) is 58.6 Å². The molecule has 0 saturated carbocycles. The van der Waals surface area contributed by atoms with Crippen molar-refractivity contribution >= 4 is 17.4 Å². The van der Waals surface area contributed by atoms with Crippen molar-refractivity contribution in [2.45, 2.75) is 33.1 Å². The number of hydrogen-bond acceptors (Lipinski definition) is 6. The number of nitrogens with zero attached hydrogens (tertiary/aromatic N) is 4. The summed E-state index contributed by atoms with van der Waals surface area (Å²) in [4.78, 5) is 25.7. The van der Waals surface area contributed by atoms with Crippen LogP contribution < -0.4 is 4.74 Å². The van der Waals surface area contributed by atoms with E-state index in [-0.39, 0.29) is 6.09 Å². The molecule has 6 nitrogen and oxygen atoms in total. The van der Waals surface area contributed by atoms with Gasteiger partial charge in [-0.05, 0) is 56.0 Å². The highest BCUT2D eigenvalue weighted by Crippen LogP contribution is 2.16. The lowest BCUT2D eigenvalue weighted by molar-refractivity contribution is 0.111. The summed E-state index contributed by atoms with van der Waals surface area (Å²) in [5.41, 5.74) is 4.63. The van der Waals surface area contributed by atoms with Gasteiger partial charge >= 0.3 is 6.09 Å². The van der Waals surface area contributed by atoms with Crippen LogP contribution >= 0.6 is 11.3 Å². The Bertz CT molecular complexity index is 1010. The Balaban J connectivity index is 1.19. The summed E-state index contributed by atoms with van der Waals surface area (Å²) < 4.78 is 5.60. The number of thiazole rings is 1. The fourth-order valence-electron chi connectivity index (χ4n) is 3.76. The molecule has 1 aliphatic heterocycles. The average Bonchev–Trinajstić information content (AvgIpc) is 3.23. The van der Waals surface area contributed by atoms with Crippen LogP contribution in [0, 0.1) is 13.8 Å². The van der Waals surface area contributed by atoms with Crippen molar-refractivity contribution in [3.8, 4) is 5.75 Å². The number of aromatic nitrogens is 2. The summed E-state index contributed by atoms with van der Waals surface area (Å²) in [6, 6.07) is 12.0. The molecule has 3 heterocycles. The molecule has 32 heavy (non-hydrogen) atoms. The molecule has 0 atom stereocenters. The number of carbonyl (C=O) groups excluding carboxylic acids is 1. The molecule has 4 rings (SSSR count). The predicted octanol–water partition coefficient (Wildman–Crippen LogP) is 4.30. The highest BCUT2D eigenvalue weighted by molar-refractivity contribution is 7.09. The summed E-state index contributed by atoms with van der Waals surface area (Å²) >= 11 is 1.70. The third kappa shape index (κ3) is 6.37. The molecule has 1 aliphatic rings. The van der Waals surface area contributed by atoms with Crippen molar-refractivity contribution < 1.29 is 9.53 Å². The van der Waals surface area contributed by atoms with Gasteiger partial charge in [-0.3, -0.25) is 9.88 Å². The first-order valence-electron chi connectivity index (χ1n) is 11.2. The highest BCUT2D eigenvalue weighted by atomic mass is 32.1. The van der Waals surface area contributed by atoms with Gasteiger partial charge in [0.05, 0.1) is 10.7 Å². The van der Waals surface area contributed by atoms with E-state index in [1.54, 1.807) is 16.2 Å². The van der Waals surface area contributed by atoms with Crippen LogP contribution in [0.25, 0.3) is 0 Å². The van der Waals surface area contributed by atoms with E-state index in [0.717, 1.165) is 55.3 Å². The molecule has 1 saturated heterocycles. The summed E-state index contributed by atoms with van der Waals surface area (Å²) in [7, 11) is 0. The number of rotatable bonds is 7. The molecule has 0 unspecified atom stereocenters. The van der Waals surface area contributed by atoms with Crippen LogP contribution in [-0.2, 0) is 19.3 Å². The monoisotopic (exact) mass is 450 g/mol. The van der Waals surface area contributed by atoms with E-state index in [2.05, 4.69) is 32.4 Å². The van der Waals surface area contributed by atoms with E-state index >= 15 is 0 Å². The minimum atomic E-state index is -0.267. The molecule has 0 spiro atoms. The lowest BCUT2D eigenvalue weighted by Crippen LogP contribution is -2.49. The zero-order valence-electron chi connectivity index (χ0n) is 18.8. The van der Waals surface area contributed by atoms with Crippen molar-refractivity contribution in [2.75, 3.05) is 32.7 Å². The molecule has 0 radical (unpaired) electrons. The Labute approximate surface area is 193 Å². The maximum atomic E-state index is 12.5. The molecule has 0 N–H and O–H groups in total. The second-order valence-corrected chi connectivity index (χ2v) is 9.34. The Morgan fingerprint density at radius 3 is 2.41 bits per heavy atom. The summed E-state index contributed by atoms with van der Waals surface area (Å²) in [6.45, 7) is 8.17. The lowest BCUT2D eigenvalue weighted by atomic mass is 10.1.